The van der Waals surface area contributed by atoms with E-state index in [1.54, 1.807) is 0 Å². The highest BCUT2D eigenvalue weighted by Gasteiger charge is 2.84. The highest BCUT2D eigenvalue weighted by atomic mass is 19.4. The van der Waals surface area contributed by atoms with Crippen LogP contribution in [0.4, 0.5) is 35.1 Å². The summed E-state index contributed by atoms with van der Waals surface area (Å²) < 4.78 is 107. The Morgan fingerprint density at radius 1 is 1.08 bits per heavy atom. The molecule has 4 aliphatic rings. The van der Waals surface area contributed by atoms with Gasteiger partial charge in [-0.2, -0.15) is 26.3 Å². The summed E-state index contributed by atoms with van der Waals surface area (Å²) in [7, 11) is 0. The van der Waals surface area contributed by atoms with Crippen LogP contribution < -0.4 is 0 Å². The molecule has 25 heavy (non-hydrogen) atoms. The molecule has 0 aromatic carbocycles. The molecule has 4 fully saturated rings. The second-order valence-corrected chi connectivity index (χ2v) is 7.46. The van der Waals surface area contributed by atoms with Crippen molar-refractivity contribution in [3.8, 4) is 0 Å². The van der Waals surface area contributed by atoms with Crippen molar-refractivity contribution in [1.82, 2.24) is 0 Å². The van der Waals surface area contributed by atoms with E-state index in [1.807, 2.05) is 13.8 Å². The zero-order valence-corrected chi connectivity index (χ0v) is 13.2. The van der Waals surface area contributed by atoms with E-state index < -0.39 is 42.2 Å². The van der Waals surface area contributed by atoms with Gasteiger partial charge in [-0.15, -0.1) is 0 Å². The fourth-order valence-electron chi connectivity index (χ4n) is 5.25. The van der Waals surface area contributed by atoms with Crippen molar-refractivity contribution < 1.29 is 44.7 Å². The van der Waals surface area contributed by atoms with Gasteiger partial charge in [0, 0.05) is 0 Å². The first-order chi connectivity index (χ1) is 11.2. The Balaban J connectivity index is 1.69. The minimum absolute atomic E-state index is 0.0864. The van der Waals surface area contributed by atoms with Crippen LogP contribution in [0.15, 0.2) is 0 Å². The summed E-state index contributed by atoms with van der Waals surface area (Å²) in [6, 6.07) is 0. The summed E-state index contributed by atoms with van der Waals surface area (Å²) in [6.45, 7) is 1.44. The lowest BCUT2D eigenvalue weighted by molar-refractivity contribution is -0.344. The van der Waals surface area contributed by atoms with Crippen LogP contribution in [0.1, 0.15) is 20.3 Å². The normalized spacial score (nSPS) is 39.9. The predicted octanol–water partition coefficient (Wildman–Crippen LogP) is 4.24. The molecular weight excluding hydrogens is 364 g/mol. The zero-order valence-electron chi connectivity index (χ0n) is 13.2. The summed E-state index contributed by atoms with van der Waals surface area (Å²) >= 11 is 0. The molecule has 0 spiro atoms. The van der Waals surface area contributed by atoms with Crippen LogP contribution in [0.3, 0.4) is 0 Å². The molecule has 0 aromatic heterocycles. The van der Waals surface area contributed by atoms with Gasteiger partial charge in [-0.25, -0.2) is 8.78 Å². The van der Waals surface area contributed by atoms with Crippen molar-refractivity contribution in [3.05, 3.63) is 0 Å². The SMILES string of the molecule is CC1C2CC3(C(=O)OCC(F)(F)C(F)(F)C(F)(F)C(F)F)C1C3C2C. The topological polar surface area (TPSA) is 26.3 Å². The summed E-state index contributed by atoms with van der Waals surface area (Å²) in [6.07, 6.45) is -4.60. The average Bonchev–Trinajstić information content (AvgIpc) is 2.83. The largest absolute Gasteiger partial charge is 0.459 e. The highest BCUT2D eigenvalue weighted by Crippen LogP contribution is 2.83. The molecule has 4 unspecified atom stereocenters. The molecule has 0 amide bonds. The van der Waals surface area contributed by atoms with Gasteiger partial charge < -0.3 is 4.74 Å². The lowest BCUT2D eigenvalue weighted by Crippen LogP contribution is -2.59. The van der Waals surface area contributed by atoms with E-state index in [4.69, 9.17) is 0 Å². The summed E-state index contributed by atoms with van der Waals surface area (Å²) in [5.41, 5.74) is -1.01. The minimum atomic E-state index is -6.35. The van der Waals surface area contributed by atoms with Gasteiger partial charge in [-0.3, -0.25) is 4.79 Å². The molecule has 0 N–H and O–H groups in total. The number of rotatable bonds is 6. The molecule has 0 aliphatic heterocycles. The quantitative estimate of drug-likeness (QED) is 0.509. The summed E-state index contributed by atoms with van der Waals surface area (Å²) in [5.74, 6) is -19.0. The van der Waals surface area contributed by atoms with Gasteiger partial charge >= 0.3 is 30.2 Å². The van der Waals surface area contributed by atoms with Crippen molar-refractivity contribution in [1.29, 1.82) is 0 Å². The van der Waals surface area contributed by atoms with Crippen molar-refractivity contribution in [2.45, 2.75) is 44.5 Å². The molecule has 4 saturated carbocycles. The van der Waals surface area contributed by atoms with Gasteiger partial charge in [0.15, 0.2) is 6.61 Å². The molecular formula is C15H16F8O2. The number of alkyl halides is 8. The van der Waals surface area contributed by atoms with Crippen molar-refractivity contribution in [3.63, 3.8) is 0 Å². The maximum absolute atomic E-state index is 13.5. The molecule has 144 valence electrons. The number of carbonyl (C=O) groups excluding carboxylic acids is 1. The highest BCUT2D eigenvalue weighted by molar-refractivity contribution is 5.83. The van der Waals surface area contributed by atoms with Crippen LogP contribution in [0.5, 0.6) is 0 Å². The first-order valence-corrected chi connectivity index (χ1v) is 7.82. The van der Waals surface area contributed by atoms with Crippen LogP contribution in [0, 0.1) is 35.0 Å². The number of carbonyl (C=O) groups is 1. The molecule has 4 aliphatic carbocycles. The van der Waals surface area contributed by atoms with Gasteiger partial charge in [-0.05, 0) is 36.0 Å². The first-order valence-electron chi connectivity index (χ1n) is 7.82. The minimum Gasteiger partial charge on any atom is -0.459 e. The van der Waals surface area contributed by atoms with Crippen molar-refractivity contribution >= 4 is 5.97 Å². The fraction of sp³-hybridized carbons (Fsp3) is 0.933. The smallest absolute Gasteiger partial charge is 0.381 e. The molecule has 0 heterocycles. The van der Waals surface area contributed by atoms with E-state index >= 15 is 0 Å². The van der Waals surface area contributed by atoms with E-state index in [9.17, 15) is 39.9 Å². The molecule has 0 saturated heterocycles. The van der Waals surface area contributed by atoms with Gasteiger partial charge in [0.25, 0.3) is 0 Å². The van der Waals surface area contributed by atoms with Gasteiger partial charge in [0.2, 0.25) is 0 Å². The number of esters is 1. The lowest BCUT2D eigenvalue weighted by atomic mass is 9.94. The average molecular weight is 380 g/mol. The molecule has 4 rings (SSSR count). The maximum atomic E-state index is 13.5. The fourth-order valence-corrected chi connectivity index (χ4v) is 5.25. The first kappa shape index (κ1) is 18.7. The maximum Gasteiger partial charge on any atom is 0.381 e. The van der Waals surface area contributed by atoms with E-state index in [0.717, 1.165) is 0 Å². The molecule has 0 radical (unpaired) electrons. The van der Waals surface area contributed by atoms with Crippen LogP contribution >= 0.6 is 0 Å². The molecule has 0 aromatic rings. The van der Waals surface area contributed by atoms with E-state index in [0.29, 0.717) is 6.42 Å². The lowest BCUT2D eigenvalue weighted by Gasteiger charge is -2.32. The monoisotopic (exact) mass is 380 g/mol. The Kier molecular flexibility index (Phi) is 3.74. The van der Waals surface area contributed by atoms with Gasteiger partial charge in [0.1, 0.15) is 0 Å². The number of halogens is 8. The molecule has 4 bridgehead atoms. The predicted molar refractivity (Wildman–Crippen MR) is 67.7 cm³/mol. The Morgan fingerprint density at radius 3 is 1.92 bits per heavy atom. The van der Waals surface area contributed by atoms with Crippen molar-refractivity contribution in [2.24, 2.45) is 35.0 Å². The van der Waals surface area contributed by atoms with Crippen LogP contribution in [0.25, 0.3) is 0 Å². The van der Waals surface area contributed by atoms with Crippen LogP contribution in [-0.2, 0) is 9.53 Å². The van der Waals surface area contributed by atoms with E-state index in [1.165, 1.54) is 0 Å². The third-order valence-electron chi connectivity index (χ3n) is 6.44. The molecule has 2 nitrogen and oxygen atoms in total. The Labute approximate surface area is 137 Å². The summed E-state index contributed by atoms with van der Waals surface area (Å²) in [4.78, 5) is 12.2. The second-order valence-electron chi connectivity index (χ2n) is 7.46. The van der Waals surface area contributed by atoms with E-state index in [2.05, 4.69) is 4.74 Å². The van der Waals surface area contributed by atoms with Crippen molar-refractivity contribution in [2.75, 3.05) is 6.61 Å². The number of ether oxygens (including phenoxy) is 1. The number of hydrogen-bond donors (Lipinski definition) is 0. The van der Waals surface area contributed by atoms with Crippen LogP contribution in [0.2, 0.25) is 0 Å². The van der Waals surface area contributed by atoms with Crippen LogP contribution in [-0.4, -0.2) is 36.8 Å². The third-order valence-corrected chi connectivity index (χ3v) is 6.44. The Bertz CT molecular complexity index is 574. The Hall–Kier alpha value is -1.09. The van der Waals surface area contributed by atoms with Gasteiger partial charge in [-0.1, -0.05) is 13.8 Å². The Morgan fingerprint density at radius 2 is 1.56 bits per heavy atom. The third kappa shape index (κ3) is 2.05. The second kappa shape index (κ2) is 5.00. The number of hydrogen-bond acceptors (Lipinski definition) is 2. The molecule has 4 atom stereocenters. The standard InChI is InChI=1S/C15H16F8O2/c1-5-7-3-12(8(5)9(12)6(7)2)11(24)25-4-13(18,19)15(22,23)14(20,21)10(16)17/h5-10H,3-4H2,1-2H3. The zero-order chi connectivity index (χ0) is 19.2. The molecule has 10 heteroatoms. The van der Waals surface area contributed by atoms with E-state index in [-0.39, 0.29) is 29.6 Å². The summed E-state index contributed by atoms with van der Waals surface area (Å²) in [5, 5.41) is 0. The van der Waals surface area contributed by atoms with Gasteiger partial charge in [0.05, 0.1) is 5.41 Å².